The SMILES string of the molecule is CCC(CN)CCN(C)C(C)Cc1ccccc1OC. The third-order valence-corrected chi connectivity index (χ3v) is 4.26. The Bertz CT molecular complexity index is 377. The maximum Gasteiger partial charge on any atom is 0.122 e. The summed E-state index contributed by atoms with van der Waals surface area (Å²) in [5, 5.41) is 0. The van der Waals surface area contributed by atoms with Gasteiger partial charge in [0.25, 0.3) is 0 Å². The van der Waals surface area contributed by atoms with Crippen LogP contribution in [0.4, 0.5) is 0 Å². The van der Waals surface area contributed by atoms with E-state index in [1.807, 2.05) is 12.1 Å². The van der Waals surface area contributed by atoms with Crippen molar-refractivity contribution in [1.82, 2.24) is 4.90 Å². The maximum absolute atomic E-state index is 5.77. The van der Waals surface area contributed by atoms with Gasteiger partial charge in [0.15, 0.2) is 0 Å². The van der Waals surface area contributed by atoms with Crippen LogP contribution in [0, 0.1) is 5.92 Å². The van der Waals surface area contributed by atoms with Crippen molar-refractivity contribution in [3.8, 4) is 5.75 Å². The number of likely N-dealkylation sites (N-methyl/N-ethyl adjacent to an activating group) is 1. The Morgan fingerprint density at radius 2 is 2.00 bits per heavy atom. The van der Waals surface area contributed by atoms with Crippen molar-refractivity contribution in [2.75, 3.05) is 27.2 Å². The van der Waals surface area contributed by atoms with E-state index in [1.54, 1.807) is 7.11 Å². The van der Waals surface area contributed by atoms with Gasteiger partial charge in [-0.05, 0) is 57.5 Å². The molecule has 0 fully saturated rings. The van der Waals surface area contributed by atoms with Crippen LogP contribution in [-0.2, 0) is 6.42 Å². The summed E-state index contributed by atoms with van der Waals surface area (Å²) >= 11 is 0. The van der Waals surface area contributed by atoms with Gasteiger partial charge in [-0.3, -0.25) is 0 Å². The number of hydrogen-bond donors (Lipinski definition) is 1. The molecule has 0 spiro atoms. The Labute approximate surface area is 124 Å². The molecule has 0 aliphatic carbocycles. The molecule has 3 heteroatoms. The Kier molecular flexibility index (Phi) is 7.63. The van der Waals surface area contributed by atoms with Gasteiger partial charge in [-0.15, -0.1) is 0 Å². The molecule has 0 heterocycles. The summed E-state index contributed by atoms with van der Waals surface area (Å²) in [6.45, 7) is 6.39. The zero-order valence-electron chi connectivity index (χ0n) is 13.4. The summed E-state index contributed by atoms with van der Waals surface area (Å²) in [5.74, 6) is 1.64. The Hall–Kier alpha value is -1.06. The van der Waals surface area contributed by atoms with Gasteiger partial charge in [0, 0.05) is 6.04 Å². The zero-order valence-corrected chi connectivity index (χ0v) is 13.4. The van der Waals surface area contributed by atoms with Crippen molar-refractivity contribution in [2.24, 2.45) is 11.7 Å². The van der Waals surface area contributed by atoms with E-state index >= 15 is 0 Å². The Morgan fingerprint density at radius 1 is 1.30 bits per heavy atom. The first kappa shape index (κ1) is 17.0. The van der Waals surface area contributed by atoms with Gasteiger partial charge in [-0.2, -0.15) is 0 Å². The minimum Gasteiger partial charge on any atom is -0.496 e. The van der Waals surface area contributed by atoms with Crippen LogP contribution in [0.2, 0.25) is 0 Å². The van der Waals surface area contributed by atoms with Crippen molar-refractivity contribution in [1.29, 1.82) is 0 Å². The van der Waals surface area contributed by atoms with E-state index in [0.717, 1.165) is 25.3 Å². The van der Waals surface area contributed by atoms with Crippen molar-refractivity contribution in [3.05, 3.63) is 29.8 Å². The summed E-state index contributed by atoms with van der Waals surface area (Å²) in [6.07, 6.45) is 3.37. The average Bonchev–Trinajstić information content (AvgIpc) is 2.48. The molecule has 0 saturated heterocycles. The summed E-state index contributed by atoms with van der Waals surface area (Å²) in [5.41, 5.74) is 7.05. The first-order chi connectivity index (χ1) is 9.62. The second-order valence-electron chi connectivity index (χ2n) is 5.64. The predicted molar refractivity (Wildman–Crippen MR) is 86.2 cm³/mol. The number of hydrogen-bond acceptors (Lipinski definition) is 3. The van der Waals surface area contributed by atoms with Crippen molar-refractivity contribution in [3.63, 3.8) is 0 Å². The quantitative estimate of drug-likeness (QED) is 0.755. The fourth-order valence-corrected chi connectivity index (χ4v) is 2.44. The first-order valence-corrected chi connectivity index (χ1v) is 7.64. The summed E-state index contributed by atoms with van der Waals surface area (Å²) in [6, 6.07) is 8.78. The topological polar surface area (TPSA) is 38.5 Å². The number of nitrogens with two attached hydrogens (primary N) is 1. The fraction of sp³-hybridized carbons (Fsp3) is 0.647. The lowest BCUT2D eigenvalue weighted by atomic mass is 10.0. The summed E-state index contributed by atoms with van der Waals surface area (Å²) in [7, 11) is 3.93. The average molecular weight is 278 g/mol. The molecule has 0 aromatic heterocycles. The fourth-order valence-electron chi connectivity index (χ4n) is 2.44. The lowest BCUT2D eigenvalue weighted by Crippen LogP contribution is -2.33. The summed E-state index contributed by atoms with van der Waals surface area (Å²) in [4.78, 5) is 2.42. The molecule has 0 radical (unpaired) electrons. The largest absolute Gasteiger partial charge is 0.496 e. The normalized spacial score (nSPS) is 14.3. The lowest BCUT2D eigenvalue weighted by Gasteiger charge is -2.27. The van der Waals surface area contributed by atoms with Gasteiger partial charge in [0.2, 0.25) is 0 Å². The zero-order chi connectivity index (χ0) is 15.0. The van der Waals surface area contributed by atoms with E-state index in [0.29, 0.717) is 12.0 Å². The maximum atomic E-state index is 5.77. The van der Waals surface area contributed by atoms with Crippen LogP contribution in [-0.4, -0.2) is 38.2 Å². The van der Waals surface area contributed by atoms with Crippen LogP contribution in [0.5, 0.6) is 5.75 Å². The van der Waals surface area contributed by atoms with Crippen LogP contribution < -0.4 is 10.5 Å². The van der Waals surface area contributed by atoms with Crippen molar-refractivity contribution in [2.45, 2.75) is 39.2 Å². The molecule has 1 rings (SSSR count). The minimum absolute atomic E-state index is 0.501. The summed E-state index contributed by atoms with van der Waals surface area (Å²) < 4.78 is 5.42. The number of nitrogens with zero attached hydrogens (tertiary/aromatic N) is 1. The minimum atomic E-state index is 0.501. The molecule has 20 heavy (non-hydrogen) atoms. The third kappa shape index (κ3) is 5.14. The molecule has 0 bridgehead atoms. The van der Waals surface area contributed by atoms with Crippen LogP contribution >= 0.6 is 0 Å². The molecule has 0 amide bonds. The molecule has 0 aliphatic heterocycles. The molecule has 3 nitrogen and oxygen atoms in total. The molecule has 0 saturated carbocycles. The second-order valence-corrected chi connectivity index (χ2v) is 5.64. The monoisotopic (exact) mass is 278 g/mol. The smallest absolute Gasteiger partial charge is 0.122 e. The van der Waals surface area contributed by atoms with Crippen LogP contribution in [0.15, 0.2) is 24.3 Å². The molecular weight excluding hydrogens is 248 g/mol. The van der Waals surface area contributed by atoms with Gasteiger partial charge < -0.3 is 15.4 Å². The van der Waals surface area contributed by atoms with Gasteiger partial charge in [0.1, 0.15) is 5.75 Å². The number of rotatable bonds is 9. The highest BCUT2D eigenvalue weighted by Gasteiger charge is 2.14. The first-order valence-electron chi connectivity index (χ1n) is 7.64. The molecule has 2 atom stereocenters. The molecule has 1 aromatic carbocycles. The highest BCUT2D eigenvalue weighted by molar-refractivity contribution is 5.33. The number of benzene rings is 1. The van der Waals surface area contributed by atoms with Crippen LogP contribution in [0.1, 0.15) is 32.3 Å². The third-order valence-electron chi connectivity index (χ3n) is 4.26. The lowest BCUT2D eigenvalue weighted by molar-refractivity contribution is 0.234. The van der Waals surface area contributed by atoms with Gasteiger partial charge in [-0.1, -0.05) is 31.5 Å². The van der Waals surface area contributed by atoms with E-state index in [-0.39, 0.29) is 0 Å². The Morgan fingerprint density at radius 3 is 2.60 bits per heavy atom. The van der Waals surface area contributed by atoms with Crippen molar-refractivity contribution < 1.29 is 4.74 Å². The van der Waals surface area contributed by atoms with Crippen LogP contribution in [0.25, 0.3) is 0 Å². The molecular formula is C17H30N2O. The van der Waals surface area contributed by atoms with Gasteiger partial charge in [0.05, 0.1) is 7.11 Å². The molecule has 2 unspecified atom stereocenters. The predicted octanol–water partition coefficient (Wildman–Crippen LogP) is 2.93. The van der Waals surface area contributed by atoms with Crippen LogP contribution in [0.3, 0.4) is 0 Å². The molecule has 0 aliphatic rings. The standard InChI is InChI=1S/C17H30N2O/c1-5-15(13-18)10-11-19(3)14(2)12-16-8-6-7-9-17(16)20-4/h6-9,14-15H,5,10-13,18H2,1-4H3. The number of ether oxygens (including phenoxy) is 1. The van der Waals surface area contributed by atoms with Crippen molar-refractivity contribution >= 4 is 0 Å². The van der Waals surface area contributed by atoms with E-state index in [1.165, 1.54) is 18.4 Å². The van der Waals surface area contributed by atoms with E-state index in [4.69, 9.17) is 10.5 Å². The Balaban J connectivity index is 2.50. The van der Waals surface area contributed by atoms with E-state index in [9.17, 15) is 0 Å². The highest BCUT2D eigenvalue weighted by Crippen LogP contribution is 2.20. The second kappa shape index (κ2) is 8.98. The molecule has 1 aromatic rings. The van der Waals surface area contributed by atoms with Gasteiger partial charge >= 0.3 is 0 Å². The number of para-hydroxylation sites is 1. The van der Waals surface area contributed by atoms with E-state index in [2.05, 4.69) is 37.9 Å². The van der Waals surface area contributed by atoms with E-state index < -0.39 is 0 Å². The molecule has 2 N–H and O–H groups in total. The highest BCUT2D eigenvalue weighted by atomic mass is 16.5. The molecule has 114 valence electrons. The number of methoxy groups -OCH3 is 1. The van der Waals surface area contributed by atoms with Gasteiger partial charge in [-0.25, -0.2) is 0 Å².